The molecule has 0 spiro atoms. The largest absolute Gasteiger partial charge is 0.493 e. The molecular weight excluding hydrogens is 519 g/mol. The number of hydrogen-bond donors (Lipinski definition) is 2. The summed E-state index contributed by atoms with van der Waals surface area (Å²) in [6.07, 6.45) is 1.93. The predicted molar refractivity (Wildman–Crippen MR) is 135 cm³/mol. The van der Waals surface area contributed by atoms with Crippen molar-refractivity contribution in [2.45, 2.75) is 38.9 Å². The Morgan fingerprint density at radius 3 is 2.62 bits per heavy atom. The molecule has 2 aromatic carbocycles. The first kappa shape index (κ1) is 23.8. The van der Waals surface area contributed by atoms with Crippen molar-refractivity contribution in [1.82, 2.24) is 25.4 Å². The molecule has 32 heavy (non-hydrogen) atoms. The normalized spacial score (nSPS) is 15.3. The number of methoxy groups -OCH3 is 1. The Morgan fingerprint density at radius 2 is 1.91 bits per heavy atom. The van der Waals surface area contributed by atoms with Gasteiger partial charge in [0.25, 0.3) is 0 Å². The van der Waals surface area contributed by atoms with Crippen LogP contribution in [0.15, 0.2) is 53.5 Å². The maximum Gasteiger partial charge on any atom is 0.191 e. The van der Waals surface area contributed by atoms with Crippen molar-refractivity contribution >= 4 is 29.9 Å². The average Bonchev–Trinajstić information content (AvgIpc) is 3.17. The zero-order valence-electron chi connectivity index (χ0n) is 18.5. The van der Waals surface area contributed by atoms with E-state index >= 15 is 0 Å². The number of aromatic nitrogens is 3. The van der Waals surface area contributed by atoms with E-state index in [-0.39, 0.29) is 30.0 Å². The van der Waals surface area contributed by atoms with Gasteiger partial charge in [-0.3, -0.25) is 4.99 Å². The van der Waals surface area contributed by atoms with Gasteiger partial charge in [0.05, 0.1) is 13.7 Å². The Hall–Kier alpha value is -2.82. The predicted octanol–water partition coefficient (Wildman–Crippen LogP) is 3.69. The molecule has 0 radical (unpaired) electrons. The first-order valence-electron chi connectivity index (χ1n) is 10.4. The molecule has 170 valence electrons. The Balaban J connectivity index is 0.00000289. The van der Waals surface area contributed by atoms with Gasteiger partial charge in [0.15, 0.2) is 17.5 Å². The fourth-order valence-corrected chi connectivity index (χ4v) is 3.63. The van der Waals surface area contributed by atoms with E-state index in [4.69, 9.17) is 9.47 Å². The lowest BCUT2D eigenvalue weighted by Gasteiger charge is -2.25. The summed E-state index contributed by atoms with van der Waals surface area (Å²) in [5.74, 6) is 4.83. The van der Waals surface area contributed by atoms with Crippen LogP contribution in [0, 0.1) is 6.92 Å². The number of nitrogens with one attached hydrogen (secondary N) is 2. The number of hydrogen-bond acceptors (Lipinski definition) is 5. The molecule has 0 saturated carbocycles. The number of ether oxygens (including phenoxy) is 2. The van der Waals surface area contributed by atoms with E-state index in [0.717, 1.165) is 48.3 Å². The van der Waals surface area contributed by atoms with Crippen LogP contribution in [0.5, 0.6) is 17.2 Å². The highest BCUT2D eigenvalue weighted by atomic mass is 127. The van der Waals surface area contributed by atoms with Crippen LogP contribution in [-0.2, 0) is 19.5 Å². The SMILES string of the molecule is CN=C(NCc1ccc(Oc2ccccc2OC)cc1)NC1CCc2nc(C)nn2C1.I. The molecule has 1 atom stereocenters. The Labute approximate surface area is 205 Å². The molecule has 3 aromatic rings. The van der Waals surface area contributed by atoms with Crippen molar-refractivity contribution in [3.05, 3.63) is 65.7 Å². The molecule has 1 aliphatic rings. The third kappa shape index (κ3) is 5.90. The van der Waals surface area contributed by atoms with E-state index in [0.29, 0.717) is 18.0 Å². The minimum Gasteiger partial charge on any atom is -0.493 e. The number of para-hydroxylation sites is 2. The first-order valence-corrected chi connectivity index (χ1v) is 10.4. The second-order valence-corrected chi connectivity index (χ2v) is 7.46. The minimum atomic E-state index is 0. The minimum absolute atomic E-state index is 0. The van der Waals surface area contributed by atoms with Crippen molar-refractivity contribution in [3.8, 4) is 17.2 Å². The smallest absolute Gasteiger partial charge is 0.191 e. The van der Waals surface area contributed by atoms with E-state index in [1.807, 2.05) is 60.1 Å². The van der Waals surface area contributed by atoms with Crippen LogP contribution in [0.1, 0.15) is 23.6 Å². The van der Waals surface area contributed by atoms with Gasteiger partial charge < -0.3 is 20.1 Å². The number of benzene rings is 2. The molecule has 0 saturated heterocycles. The highest BCUT2D eigenvalue weighted by Gasteiger charge is 2.21. The molecule has 1 aliphatic heterocycles. The summed E-state index contributed by atoms with van der Waals surface area (Å²) in [5.41, 5.74) is 1.13. The maximum atomic E-state index is 5.94. The quantitative estimate of drug-likeness (QED) is 0.278. The van der Waals surface area contributed by atoms with Crippen LogP contribution in [0.3, 0.4) is 0 Å². The molecule has 4 rings (SSSR count). The molecule has 9 heteroatoms. The third-order valence-corrected chi connectivity index (χ3v) is 5.21. The van der Waals surface area contributed by atoms with Gasteiger partial charge in [-0.2, -0.15) is 5.10 Å². The highest BCUT2D eigenvalue weighted by Crippen LogP contribution is 2.30. The zero-order chi connectivity index (χ0) is 21.6. The summed E-state index contributed by atoms with van der Waals surface area (Å²) in [5, 5.41) is 11.3. The molecule has 1 aromatic heterocycles. The highest BCUT2D eigenvalue weighted by molar-refractivity contribution is 14.0. The molecule has 1 unspecified atom stereocenters. The van der Waals surface area contributed by atoms with E-state index in [9.17, 15) is 0 Å². The fourth-order valence-electron chi connectivity index (χ4n) is 3.63. The Kier molecular flexibility index (Phi) is 8.32. The topological polar surface area (TPSA) is 85.6 Å². The first-order chi connectivity index (χ1) is 15.1. The molecule has 0 amide bonds. The van der Waals surface area contributed by atoms with Crippen molar-refractivity contribution in [1.29, 1.82) is 0 Å². The van der Waals surface area contributed by atoms with Crippen molar-refractivity contribution < 1.29 is 9.47 Å². The summed E-state index contributed by atoms with van der Waals surface area (Å²) in [4.78, 5) is 8.83. The van der Waals surface area contributed by atoms with Crippen LogP contribution < -0.4 is 20.1 Å². The van der Waals surface area contributed by atoms with Crippen LogP contribution >= 0.6 is 24.0 Å². The number of nitrogens with zero attached hydrogens (tertiary/aromatic N) is 4. The number of fused-ring (bicyclic) bond motifs is 1. The Bertz CT molecular complexity index is 1050. The third-order valence-electron chi connectivity index (χ3n) is 5.21. The van der Waals surface area contributed by atoms with E-state index < -0.39 is 0 Å². The van der Waals surface area contributed by atoms with Gasteiger partial charge >= 0.3 is 0 Å². The van der Waals surface area contributed by atoms with Crippen LogP contribution in [0.4, 0.5) is 0 Å². The number of halogens is 1. The summed E-state index contributed by atoms with van der Waals surface area (Å²) in [7, 11) is 3.42. The van der Waals surface area contributed by atoms with E-state index in [2.05, 4.69) is 25.7 Å². The van der Waals surface area contributed by atoms with Gasteiger partial charge in [-0.05, 0) is 43.2 Å². The molecule has 2 heterocycles. The van der Waals surface area contributed by atoms with Gasteiger partial charge in [-0.15, -0.1) is 24.0 Å². The lowest BCUT2D eigenvalue weighted by atomic mass is 10.1. The summed E-state index contributed by atoms with van der Waals surface area (Å²) in [6, 6.07) is 15.9. The van der Waals surface area contributed by atoms with Crippen molar-refractivity contribution in [2.24, 2.45) is 4.99 Å². The maximum absolute atomic E-state index is 5.94. The monoisotopic (exact) mass is 548 g/mol. The zero-order valence-corrected chi connectivity index (χ0v) is 20.9. The number of rotatable bonds is 6. The van der Waals surface area contributed by atoms with Gasteiger partial charge in [0.1, 0.15) is 17.4 Å². The van der Waals surface area contributed by atoms with Gasteiger partial charge in [0, 0.05) is 26.1 Å². The van der Waals surface area contributed by atoms with E-state index in [1.165, 1.54) is 0 Å². The van der Waals surface area contributed by atoms with Gasteiger partial charge in [-0.1, -0.05) is 24.3 Å². The van der Waals surface area contributed by atoms with Crippen molar-refractivity contribution in [2.75, 3.05) is 14.2 Å². The fraction of sp³-hybridized carbons (Fsp3) is 0.348. The average molecular weight is 548 g/mol. The number of aryl methyl sites for hydroxylation is 2. The molecule has 0 fully saturated rings. The number of aliphatic imine (C=N–C) groups is 1. The Morgan fingerprint density at radius 1 is 1.16 bits per heavy atom. The van der Waals surface area contributed by atoms with E-state index in [1.54, 1.807) is 14.2 Å². The number of guanidine groups is 1. The molecular formula is C23H29IN6O2. The summed E-state index contributed by atoms with van der Waals surface area (Å²) in [6.45, 7) is 3.39. The molecule has 0 aliphatic carbocycles. The standard InChI is InChI=1S/C23H28N6O2.HI/c1-16-26-22-13-10-18(15-29(22)28-16)27-23(24-2)25-14-17-8-11-19(12-9-17)31-21-7-5-4-6-20(21)30-3;/h4-9,11-12,18H,10,13-15H2,1-3H3,(H2,24,25,27);1H. The van der Waals surface area contributed by atoms with Gasteiger partial charge in [-0.25, -0.2) is 9.67 Å². The molecule has 8 nitrogen and oxygen atoms in total. The van der Waals surface area contributed by atoms with Crippen LogP contribution in [0.2, 0.25) is 0 Å². The lowest BCUT2D eigenvalue weighted by Crippen LogP contribution is -2.46. The summed E-state index contributed by atoms with van der Waals surface area (Å²) < 4.78 is 13.3. The second-order valence-electron chi connectivity index (χ2n) is 7.46. The molecule has 2 N–H and O–H groups in total. The summed E-state index contributed by atoms with van der Waals surface area (Å²) >= 11 is 0. The van der Waals surface area contributed by atoms with Crippen LogP contribution in [0.25, 0.3) is 0 Å². The molecule has 0 bridgehead atoms. The van der Waals surface area contributed by atoms with Crippen LogP contribution in [-0.4, -0.2) is 40.9 Å². The second kappa shape index (κ2) is 11.2. The van der Waals surface area contributed by atoms with Gasteiger partial charge in [0.2, 0.25) is 0 Å². The van der Waals surface area contributed by atoms with Crippen molar-refractivity contribution in [3.63, 3.8) is 0 Å². The lowest BCUT2D eigenvalue weighted by molar-refractivity contribution is 0.379.